The number of hydrogen-bond donors (Lipinski definition) is 1. The number of anilines is 2. The summed E-state index contributed by atoms with van der Waals surface area (Å²) in [7, 11) is 5.40. The highest BCUT2D eigenvalue weighted by Crippen LogP contribution is 2.28. The zero-order valence-corrected chi connectivity index (χ0v) is 19.6. The van der Waals surface area contributed by atoms with E-state index in [1.54, 1.807) is 45.3 Å². The molecule has 2 heterocycles. The lowest BCUT2D eigenvalue weighted by molar-refractivity contribution is -0.124. The Morgan fingerprint density at radius 2 is 1.66 bits per heavy atom. The van der Waals surface area contributed by atoms with E-state index in [0.29, 0.717) is 5.69 Å². The number of nitrogens with zero attached hydrogens (tertiary/aromatic N) is 4. The average molecular weight is 436 g/mol. The third-order valence-corrected chi connectivity index (χ3v) is 5.91. The van der Waals surface area contributed by atoms with Gasteiger partial charge in [-0.3, -0.25) is 19.4 Å². The summed E-state index contributed by atoms with van der Waals surface area (Å²) in [6, 6.07) is 8.92. The number of amides is 2. The van der Waals surface area contributed by atoms with E-state index < -0.39 is 17.2 Å². The number of amidine groups is 1. The SMILES string of the molecule is Cc1cnc(C2=NC(C)(C(C)C)C(=O)N2)c(C(=O)C(=O)N(C)c2ccc(N(C)C)cc2)c1. The summed E-state index contributed by atoms with van der Waals surface area (Å²) in [6.07, 6.45) is 1.58. The van der Waals surface area contributed by atoms with Gasteiger partial charge in [-0.2, -0.15) is 0 Å². The van der Waals surface area contributed by atoms with Gasteiger partial charge in [0.05, 0.1) is 5.56 Å². The van der Waals surface area contributed by atoms with Gasteiger partial charge in [0.25, 0.3) is 17.6 Å². The molecule has 0 aliphatic carbocycles. The second kappa shape index (κ2) is 8.53. The van der Waals surface area contributed by atoms with Gasteiger partial charge in [-0.15, -0.1) is 0 Å². The Bertz CT molecular complexity index is 1110. The Balaban J connectivity index is 1.96. The monoisotopic (exact) mass is 435 g/mol. The van der Waals surface area contributed by atoms with Crippen molar-refractivity contribution in [1.29, 1.82) is 0 Å². The number of rotatable bonds is 6. The fourth-order valence-corrected chi connectivity index (χ4v) is 3.34. The molecule has 0 fully saturated rings. The number of pyridine rings is 1. The van der Waals surface area contributed by atoms with Gasteiger partial charge in [0, 0.05) is 38.7 Å². The smallest absolute Gasteiger partial charge is 0.299 e. The summed E-state index contributed by atoms with van der Waals surface area (Å²) in [5.41, 5.74) is 1.64. The van der Waals surface area contributed by atoms with Crippen molar-refractivity contribution in [3.8, 4) is 0 Å². The molecule has 0 radical (unpaired) electrons. The summed E-state index contributed by atoms with van der Waals surface area (Å²) in [6.45, 7) is 7.34. The number of aliphatic imine (C=N–C) groups is 1. The molecule has 8 heteroatoms. The maximum atomic E-state index is 13.2. The third-order valence-electron chi connectivity index (χ3n) is 5.91. The minimum atomic E-state index is -0.961. The minimum Gasteiger partial charge on any atom is -0.378 e. The van der Waals surface area contributed by atoms with Crippen LogP contribution < -0.4 is 15.1 Å². The summed E-state index contributed by atoms with van der Waals surface area (Å²) >= 11 is 0. The number of aryl methyl sites for hydroxylation is 1. The Labute approximate surface area is 188 Å². The van der Waals surface area contributed by atoms with Crippen molar-refractivity contribution in [2.24, 2.45) is 10.9 Å². The van der Waals surface area contributed by atoms with Gasteiger partial charge in [-0.25, -0.2) is 4.99 Å². The topological polar surface area (TPSA) is 95.0 Å². The van der Waals surface area contributed by atoms with Crippen molar-refractivity contribution in [3.05, 3.63) is 53.3 Å². The zero-order valence-electron chi connectivity index (χ0n) is 19.6. The van der Waals surface area contributed by atoms with E-state index in [9.17, 15) is 14.4 Å². The first-order chi connectivity index (χ1) is 15.0. The van der Waals surface area contributed by atoms with Gasteiger partial charge in [0.1, 0.15) is 11.2 Å². The van der Waals surface area contributed by atoms with Gasteiger partial charge in [-0.1, -0.05) is 13.8 Å². The predicted molar refractivity (Wildman–Crippen MR) is 125 cm³/mol. The number of likely N-dealkylation sites (N-methyl/N-ethyl adjacent to an activating group) is 1. The molecule has 1 unspecified atom stereocenters. The van der Waals surface area contributed by atoms with E-state index in [1.807, 2.05) is 45.0 Å². The van der Waals surface area contributed by atoms with E-state index in [4.69, 9.17) is 0 Å². The van der Waals surface area contributed by atoms with Gasteiger partial charge in [0.15, 0.2) is 5.84 Å². The first-order valence-electron chi connectivity index (χ1n) is 10.4. The molecule has 1 N–H and O–H groups in total. The Kier molecular flexibility index (Phi) is 6.16. The first-order valence-corrected chi connectivity index (χ1v) is 10.4. The fraction of sp³-hybridized carbons (Fsp3) is 0.375. The molecule has 0 bridgehead atoms. The lowest BCUT2D eigenvalue weighted by Gasteiger charge is -2.21. The van der Waals surface area contributed by atoms with Crippen LogP contribution in [0.25, 0.3) is 0 Å². The fourth-order valence-electron chi connectivity index (χ4n) is 3.34. The number of ketones is 1. The second-order valence-electron chi connectivity index (χ2n) is 8.73. The number of benzene rings is 1. The molecule has 0 saturated heterocycles. The highest BCUT2D eigenvalue weighted by Gasteiger charge is 2.43. The number of carbonyl (C=O) groups is 3. The van der Waals surface area contributed by atoms with Crippen molar-refractivity contribution >= 4 is 34.8 Å². The van der Waals surface area contributed by atoms with Gasteiger partial charge in [0.2, 0.25) is 0 Å². The van der Waals surface area contributed by atoms with E-state index in [0.717, 1.165) is 11.3 Å². The van der Waals surface area contributed by atoms with Crippen LogP contribution in [0.5, 0.6) is 0 Å². The summed E-state index contributed by atoms with van der Waals surface area (Å²) in [5.74, 6) is -1.52. The van der Waals surface area contributed by atoms with E-state index >= 15 is 0 Å². The molecule has 2 amide bonds. The first kappa shape index (κ1) is 23.1. The van der Waals surface area contributed by atoms with Gasteiger partial charge in [-0.05, 0) is 55.7 Å². The quantitative estimate of drug-likeness (QED) is 0.556. The van der Waals surface area contributed by atoms with Crippen molar-refractivity contribution in [2.75, 3.05) is 30.9 Å². The average Bonchev–Trinajstić information content (AvgIpc) is 3.07. The molecule has 2 aromatic rings. The predicted octanol–water partition coefficient (Wildman–Crippen LogP) is 2.59. The van der Waals surface area contributed by atoms with Crippen molar-refractivity contribution < 1.29 is 14.4 Å². The van der Waals surface area contributed by atoms with Crippen LogP contribution in [0, 0.1) is 12.8 Å². The second-order valence-corrected chi connectivity index (χ2v) is 8.73. The van der Waals surface area contributed by atoms with Crippen molar-refractivity contribution in [2.45, 2.75) is 33.2 Å². The van der Waals surface area contributed by atoms with Crippen LogP contribution in [-0.2, 0) is 9.59 Å². The molecule has 1 aromatic carbocycles. The molecule has 8 nitrogen and oxygen atoms in total. The highest BCUT2D eigenvalue weighted by molar-refractivity contribution is 6.48. The molecule has 1 aliphatic rings. The van der Waals surface area contributed by atoms with Crippen molar-refractivity contribution in [3.63, 3.8) is 0 Å². The number of hydrogen-bond acceptors (Lipinski definition) is 6. The summed E-state index contributed by atoms with van der Waals surface area (Å²) in [5, 5.41) is 2.74. The van der Waals surface area contributed by atoms with Crippen LogP contribution in [0.4, 0.5) is 11.4 Å². The van der Waals surface area contributed by atoms with Crippen LogP contribution in [-0.4, -0.2) is 55.1 Å². The summed E-state index contributed by atoms with van der Waals surface area (Å²) < 4.78 is 0. The molecular weight excluding hydrogens is 406 g/mol. The lowest BCUT2D eigenvalue weighted by Crippen LogP contribution is -2.41. The summed E-state index contributed by atoms with van der Waals surface area (Å²) in [4.78, 5) is 51.0. The van der Waals surface area contributed by atoms with E-state index in [1.165, 1.54) is 4.90 Å². The Morgan fingerprint density at radius 3 is 2.19 bits per heavy atom. The molecule has 0 saturated carbocycles. The Morgan fingerprint density at radius 1 is 1.06 bits per heavy atom. The van der Waals surface area contributed by atoms with Crippen LogP contribution in [0.15, 0.2) is 41.5 Å². The molecule has 32 heavy (non-hydrogen) atoms. The molecular formula is C24H29N5O3. The van der Waals surface area contributed by atoms with E-state index in [-0.39, 0.29) is 28.9 Å². The lowest BCUT2D eigenvalue weighted by atomic mass is 9.89. The molecule has 168 valence electrons. The standard InChI is InChI=1S/C24H29N5O3/c1-14(2)24(4)23(32)26-21(27-24)19-18(12-15(3)13-25-19)20(30)22(31)29(7)17-10-8-16(9-11-17)28(5)6/h8-14H,1-7H3,(H,26,27,32). The van der Waals surface area contributed by atoms with E-state index in [2.05, 4.69) is 15.3 Å². The maximum Gasteiger partial charge on any atom is 0.299 e. The van der Waals surface area contributed by atoms with Gasteiger partial charge < -0.3 is 15.1 Å². The number of aromatic nitrogens is 1. The molecule has 1 aliphatic heterocycles. The third kappa shape index (κ3) is 4.12. The minimum absolute atomic E-state index is 0.0532. The highest BCUT2D eigenvalue weighted by atomic mass is 16.2. The maximum absolute atomic E-state index is 13.2. The normalized spacial score (nSPS) is 17.8. The van der Waals surface area contributed by atoms with Crippen molar-refractivity contribution in [1.82, 2.24) is 10.3 Å². The van der Waals surface area contributed by atoms with Gasteiger partial charge >= 0.3 is 0 Å². The largest absolute Gasteiger partial charge is 0.378 e. The number of carbonyl (C=O) groups excluding carboxylic acids is 3. The number of Topliss-reactive ketones (excluding diaryl/α,β-unsaturated/α-hetero) is 1. The van der Waals surface area contributed by atoms with Crippen LogP contribution in [0.2, 0.25) is 0 Å². The number of nitrogens with one attached hydrogen (secondary N) is 1. The van der Waals surface area contributed by atoms with Crippen LogP contribution in [0.1, 0.15) is 42.4 Å². The molecule has 1 atom stereocenters. The Hall–Kier alpha value is -3.55. The molecule has 0 spiro atoms. The molecule has 1 aromatic heterocycles. The van der Waals surface area contributed by atoms with Crippen LogP contribution >= 0.6 is 0 Å². The van der Waals surface area contributed by atoms with Crippen LogP contribution in [0.3, 0.4) is 0 Å². The zero-order chi connectivity index (χ0) is 23.8. The molecule has 3 rings (SSSR count).